The van der Waals surface area contributed by atoms with Crippen molar-refractivity contribution >= 4 is 33.3 Å². The monoisotopic (exact) mass is 334 g/mol. The van der Waals surface area contributed by atoms with Gasteiger partial charge in [-0.3, -0.25) is 4.79 Å². The minimum Gasteiger partial charge on any atom is -0.392 e. The van der Waals surface area contributed by atoms with Crippen LogP contribution in [-0.4, -0.2) is 58.2 Å². The molecule has 0 saturated carbocycles. The Labute approximate surface area is 139 Å². The Hall–Kier alpha value is -1.73. The second-order valence-corrected chi connectivity index (χ2v) is 7.13. The highest BCUT2D eigenvalue weighted by atomic mass is 32.1. The number of hydrogen-bond donors (Lipinski definition) is 1. The van der Waals surface area contributed by atoms with Crippen LogP contribution in [0.3, 0.4) is 0 Å². The van der Waals surface area contributed by atoms with Gasteiger partial charge in [-0.1, -0.05) is 13.8 Å². The number of anilines is 1. The molecule has 6 nitrogen and oxygen atoms in total. The third-order valence-corrected chi connectivity index (χ3v) is 5.21. The van der Waals surface area contributed by atoms with Gasteiger partial charge in [0.1, 0.15) is 12.1 Å². The Morgan fingerprint density at radius 3 is 2.74 bits per heavy atom. The summed E-state index contributed by atoms with van der Waals surface area (Å²) in [5.41, 5.74) is 0.971. The predicted molar refractivity (Wildman–Crippen MR) is 91.7 cm³/mol. The summed E-state index contributed by atoms with van der Waals surface area (Å²) in [4.78, 5) is 25.0. The summed E-state index contributed by atoms with van der Waals surface area (Å²) in [5, 5.41) is 11.9. The van der Waals surface area contributed by atoms with Gasteiger partial charge in [0.2, 0.25) is 5.91 Å². The van der Waals surface area contributed by atoms with E-state index in [9.17, 15) is 9.90 Å². The average Bonchev–Trinajstić information content (AvgIpc) is 3.03. The summed E-state index contributed by atoms with van der Waals surface area (Å²) < 4.78 is 1.10. The van der Waals surface area contributed by atoms with Crippen molar-refractivity contribution < 1.29 is 9.90 Å². The molecule has 0 spiro atoms. The topological polar surface area (TPSA) is 69.6 Å². The normalized spacial score (nSPS) is 17.0. The lowest BCUT2D eigenvalue weighted by atomic mass is 10.0. The molecule has 2 aromatic rings. The number of aliphatic hydroxyl groups is 1. The molecular formula is C16H22N4O2S. The molecule has 1 fully saturated rings. The maximum absolute atomic E-state index is 12.3. The van der Waals surface area contributed by atoms with Crippen molar-refractivity contribution in [1.29, 1.82) is 0 Å². The van der Waals surface area contributed by atoms with Crippen LogP contribution in [0.5, 0.6) is 0 Å². The average molecular weight is 334 g/mol. The van der Waals surface area contributed by atoms with Crippen LogP contribution in [0.1, 0.15) is 20.3 Å². The van der Waals surface area contributed by atoms with E-state index in [-0.39, 0.29) is 18.2 Å². The van der Waals surface area contributed by atoms with Crippen molar-refractivity contribution in [3.8, 4) is 0 Å². The first kappa shape index (κ1) is 16.1. The van der Waals surface area contributed by atoms with E-state index in [1.165, 1.54) is 0 Å². The van der Waals surface area contributed by atoms with E-state index in [0.717, 1.165) is 29.1 Å². The molecule has 1 aliphatic heterocycles. The highest BCUT2D eigenvalue weighted by molar-refractivity contribution is 7.17. The molecule has 1 saturated heterocycles. The molecule has 124 valence electrons. The minimum atomic E-state index is -0.562. The lowest BCUT2D eigenvalue weighted by Gasteiger charge is -2.36. The van der Waals surface area contributed by atoms with Gasteiger partial charge in [-0.05, 0) is 17.4 Å². The molecule has 1 aliphatic rings. The fraction of sp³-hybridized carbons (Fsp3) is 0.562. The number of carbonyl (C=O) groups excluding carboxylic acids is 1. The van der Waals surface area contributed by atoms with Crippen molar-refractivity contribution in [3.63, 3.8) is 0 Å². The smallest absolute Gasteiger partial charge is 0.225 e. The van der Waals surface area contributed by atoms with Gasteiger partial charge in [-0.25, -0.2) is 9.97 Å². The molecule has 2 aromatic heterocycles. The maximum Gasteiger partial charge on any atom is 0.225 e. The number of thiophene rings is 1. The van der Waals surface area contributed by atoms with Crippen molar-refractivity contribution in [2.75, 3.05) is 31.1 Å². The number of carbonyl (C=O) groups is 1. The number of rotatable bonds is 4. The van der Waals surface area contributed by atoms with Gasteiger partial charge >= 0.3 is 0 Å². The first-order chi connectivity index (χ1) is 11.1. The maximum atomic E-state index is 12.3. The zero-order valence-electron chi connectivity index (χ0n) is 13.5. The zero-order valence-corrected chi connectivity index (χ0v) is 14.3. The van der Waals surface area contributed by atoms with Gasteiger partial charge < -0.3 is 14.9 Å². The van der Waals surface area contributed by atoms with Crippen LogP contribution in [0.15, 0.2) is 17.8 Å². The lowest BCUT2D eigenvalue weighted by molar-refractivity contribution is -0.134. The van der Waals surface area contributed by atoms with Gasteiger partial charge in [-0.2, -0.15) is 0 Å². The van der Waals surface area contributed by atoms with Crippen molar-refractivity contribution in [2.24, 2.45) is 5.92 Å². The summed E-state index contributed by atoms with van der Waals surface area (Å²) in [7, 11) is 0. The fourth-order valence-corrected chi connectivity index (χ4v) is 3.57. The summed E-state index contributed by atoms with van der Waals surface area (Å²) in [6.07, 6.45) is 1.24. The number of fused-ring (bicyclic) bond motifs is 1. The summed E-state index contributed by atoms with van der Waals surface area (Å²) in [6, 6.07) is 2.00. The Balaban J connectivity index is 1.62. The van der Waals surface area contributed by atoms with Gasteiger partial charge in [0, 0.05) is 26.2 Å². The molecule has 0 aliphatic carbocycles. The number of nitrogens with zero attached hydrogens (tertiary/aromatic N) is 4. The van der Waals surface area contributed by atoms with Crippen LogP contribution >= 0.6 is 11.3 Å². The van der Waals surface area contributed by atoms with E-state index < -0.39 is 6.10 Å². The highest BCUT2D eigenvalue weighted by Gasteiger charge is 2.25. The van der Waals surface area contributed by atoms with Crippen LogP contribution in [0, 0.1) is 5.92 Å². The molecule has 0 aromatic carbocycles. The third-order valence-electron chi connectivity index (χ3n) is 4.31. The fourth-order valence-electron chi connectivity index (χ4n) is 2.71. The first-order valence-electron chi connectivity index (χ1n) is 7.95. The standard InChI is InChI=1S/C16H22N4O2S/c1-11(2)13(21)9-14(22)19-4-6-20(7-5-19)16-15-12(3-8-23-15)17-10-18-16/h3,8,10-11,13,21H,4-7,9H2,1-2H3. The summed E-state index contributed by atoms with van der Waals surface area (Å²) >= 11 is 1.65. The molecule has 1 N–H and O–H groups in total. The van der Waals surface area contributed by atoms with E-state index in [1.807, 2.05) is 30.2 Å². The molecule has 1 atom stereocenters. The molecule has 1 unspecified atom stereocenters. The largest absolute Gasteiger partial charge is 0.392 e. The number of aromatic nitrogens is 2. The highest BCUT2D eigenvalue weighted by Crippen LogP contribution is 2.28. The van der Waals surface area contributed by atoms with E-state index in [0.29, 0.717) is 13.1 Å². The molecule has 1 amide bonds. The van der Waals surface area contributed by atoms with E-state index in [2.05, 4.69) is 14.9 Å². The number of amides is 1. The van der Waals surface area contributed by atoms with Gasteiger partial charge in [0.15, 0.2) is 0 Å². The second-order valence-electron chi connectivity index (χ2n) is 6.22. The molecule has 3 heterocycles. The Morgan fingerprint density at radius 1 is 1.30 bits per heavy atom. The molecule has 23 heavy (non-hydrogen) atoms. The van der Waals surface area contributed by atoms with Crippen LogP contribution < -0.4 is 4.90 Å². The van der Waals surface area contributed by atoms with E-state index >= 15 is 0 Å². The number of aliphatic hydroxyl groups excluding tert-OH is 1. The molecular weight excluding hydrogens is 312 g/mol. The van der Waals surface area contributed by atoms with Crippen LogP contribution in [0.4, 0.5) is 5.82 Å². The predicted octanol–water partition coefficient (Wildman–Crippen LogP) is 1.75. The third kappa shape index (κ3) is 3.45. The molecule has 3 rings (SSSR count). The summed E-state index contributed by atoms with van der Waals surface area (Å²) in [6.45, 7) is 6.70. The van der Waals surface area contributed by atoms with Crippen molar-refractivity contribution in [2.45, 2.75) is 26.4 Å². The molecule has 0 radical (unpaired) electrons. The SMILES string of the molecule is CC(C)C(O)CC(=O)N1CCN(c2ncnc3ccsc23)CC1. The van der Waals surface area contributed by atoms with Crippen molar-refractivity contribution in [1.82, 2.24) is 14.9 Å². The van der Waals surface area contributed by atoms with Crippen LogP contribution in [0.25, 0.3) is 10.2 Å². The molecule has 7 heteroatoms. The number of piperazine rings is 1. The molecule has 0 bridgehead atoms. The Kier molecular flexibility index (Phi) is 4.77. The number of hydrogen-bond acceptors (Lipinski definition) is 6. The van der Waals surface area contributed by atoms with E-state index in [4.69, 9.17) is 0 Å². The summed E-state index contributed by atoms with van der Waals surface area (Å²) in [5.74, 6) is 1.10. The Morgan fingerprint density at radius 2 is 2.04 bits per heavy atom. The zero-order chi connectivity index (χ0) is 16.4. The van der Waals surface area contributed by atoms with E-state index in [1.54, 1.807) is 17.7 Å². The van der Waals surface area contributed by atoms with Crippen LogP contribution in [0.2, 0.25) is 0 Å². The van der Waals surface area contributed by atoms with Gasteiger partial charge in [0.25, 0.3) is 0 Å². The lowest BCUT2D eigenvalue weighted by Crippen LogP contribution is -2.49. The minimum absolute atomic E-state index is 0.0369. The Bertz CT molecular complexity index is 680. The second kappa shape index (κ2) is 6.80. The first-order valence-corrected chi connectivity index (χ1v) is 8.83. The van der Waals surface area contributed by atoms with Gasteiger partial charge in [0.05, 0.1) is 22.7 Å². The van der Waals surface area contributed by atoms with Crippen molar-refractivity contribution in [3.05, 3.63) is 17.8 Å². The van der Waals surface area contributed by atoms with Gasteiger partial charge in [-0.15, -0.1) is 11.3 Å². The quantitative estimate of drug-likeness (QED) is 0.922. The van der Waals surface area contributed by atoms with Crippen LogP contribution in [-0.2, 0) is 4.79 Å².